The summed E-state index contributed by atoms with van der Waals surface area (Å²) in [6, 6.07) is 23.8. The van der Waals surface area contributed by atoms with Gasteiger partial charge in [-0.1, -0.05) is 54.6 Å². The SMILES string of the molecule is O=C[C@H]1OC(=O)[C@@](COC(=O)c2ccccc2)(NC(=O)c2ccccc2)[C@H]1OC(=O)c1ccccc1. The van der Waals surface area contributed by atoms with Gasteiger partial charge in [0.2, 0.25) is 5.54 Å². The lowest BCUT2D eigenvalue weighted by Gasteiger charge is -2.31. The molecule has 9 heteroatoms. The van der Waals surface area contributed by atoms with Gasteiger partial charge in [-0.05, 0) is 36.4 Å². The van der Waals surface area contributed by atoms with Crippen molar-refractivity contribution >= 4 is 30.1 Å². The Morgan fingerprint density at radius 2 is 1.31 bits per heavy atom. The molecule has 4 rings (SSSR count). The second kappa shape index (κ2) is 10.6. The summed E-state index contributed by atoms with van der Waals surface area (Å²) in [4.78, 5) is 63.5. The van der Waals surface area contributed by atoms with Crippen molar-refractivity contribution in [2.24, 2.45) is 0 Å². The molecule has 0 saturated carbocycles. The second-order valence-corrected chi connectivity index (χ2v) is 7.93. The van der Waals surface area contributed by atoms with Crippen molar-refractivity contribution in [2.45, 2.75) is 17.7 Å². The molecule has 3 atom stereocenters. The van der Waals surface area contributed by atoms with E-state index in [4.69, 9.17) is 14.2 Å². The predicted molar refractivity (Wildman–Crippen MR) is 125 cm³/mol. The first-order chi connectivity index (χ1) is 17.4. The van der Waals surface area contributed by atoms with E-state index in [0.717, 1.165) is 0 Å². The number of aldehydes is 1. The summed E-state index contributed by atoms with van der Waals surface area (Å²) >= 11 is 0. The third-order valence-electron chi connectivity index (χ3n) is 5.58. The summed E-state index contributed by atoms with van der Waals surface area (Å²) in [5, 5.41) is 2.51. The van der Waals surface area contributed by atoms with E-state index >= 15 is 0 Å². The molecule has 9 nitrogen and oxygen atoms in total. The summed E-state index contributed by atoms with van der Waals surface area (Å²) < 4.78 is 16.1. The molecule has 1 aliphatic heterocycles. The van der Waals surface area contributed by atoms with Gasteiger partial charge >= 0.3 is 17.9 Å². The molecular weight excluding hydrogens is 466 g/mol. The molecule has 0 aliphatic carbocycles. The van der Waals surface area contributed by atoms with Crippen molar-refractivity contribution in [3.05, 3.63) is 108 Å². The first-order valence-electron chi connectivity index (χ1n) is 11.0. The number of amides is 1. The first kappa shape index (κ1) is 24.3. The number of hydrogen-bond acceptors (Lipinski definition) is 8. The van der Waals surface area contributed by atoms with Gasteiger partial charge in [0.05, 0.1) is 11.1 Å². The fourth-order valence-corrected chi connectivity index (χ4v) is 3.71. The van der Waals surface area contributed by atoms with Crippen LogP contribution in [-0.2, 0) is 23.8 Å². The van der Waals surface area contributed by atoms with Crippen LogP contribution in [0.1, 0.15) is 31.1 Å². The Labute approximate surface area is 206 Å². The Bertz CT molecular complexity index is 1260. The third kappa shape index (κ3) is 5.00. The number of carbonyl (C=O) groups excluding carboxylic acids is 5. The second-order valence-electron chi connectivity index (χ2n) is 7.93. The number of cyclic esters (lactones) is 1. The smallest absolute Gasteiger partial charge is 0.340 e. The molecule has 36 heavy (non-hydrogen) atoms. The van der Waals surface area contributed by atoms with Crippen molar-refractivity contribution in [1.82, 2.24) is 5.32 Å². The number of rotatable bonds is 8. The largest absolute Gasteiger partial charge is 0.459 e. The van der Waals surface area contributed by atoms with Crippen LogP contribution < -0.4 is 5.32 Å². The van der Waals surface area contributed by atoms with Gasteiger partial charge in [-0.25, -0.2) is 14.4 Å². The number of ether oxygens (including phenoxy) is 3. The summed E-state index contributed by atoms with van der Waals surface area (Å²) in [5.74, 6) is -3.47. The topological polar surface area (TPSA) is 125 Å². The third-order valence-corrected chi connectivity index (χ3v) is 5.58. The fourth-order valence-electron chi connectivity index (χ4n) is 3.71. The number of nitrogens with one attached hydrogen (secondary N) is 1. The Kier molecular flexibility index (Phi) is 7.20. The zero-order valence-electron chi connectivity index (χ0n) is 18.9. The lowest BCUT2D eigenvalue weighted by molar-refractivity contribution is -0.148. The monoisotopic (exact) mass is 487 g/mol. The Balaban J connectivity index is 1.69. The molecule has 1 N–H and O–H groups in total. The number of esters is 3. The molecule has 0 radical (unpaired) electrons. The van der Waals surface area contributed by atoms with Gasteiger partial charge in [-0.3, -0.25) is 9.59 Å². The minimum Gasteiger partial charge on any atom is -0.459 e. The van der Waals surface area contributed by atoms with Crippen LogP contribution in [0.5, 0.6) is 0 Å². The minimum absolute atomic E-state index is 0.145. The Morgan fingerprint density at radius 3 is 1.83 bits per heavy atom. The van der Waals surface area contributed by atoms with Crippen molar-refractivity contribution in [3.8, 4) is 0 Å². The van der Waals surface area contributed by atoms with Gasteiger partial charge in [-0.2, -0.15) is 0 Å². The van der Waals surface area contributed by atoms with E-state index in [9.17, 15) is 24.0 Å². The van der Waals surface area contributed by atoms with E-state index in [1.807, 2.05) is 0 Å². The van der Waals surface area contributed by atoms with Gasteiger partial charge in [0.1, 0.15) is 6.61 Å². The number of benzene rings is 3. The van der Waals surface area contributed by atoms with E-state index in [2.05, 4.69) is 5.32 Å². The van der Waals surface area contributed by atoms with E-state index < -0.39 is 48.2 Å². The molecule has 0 aromatic heterocycles. The van der Waals surface area contributed by atoms with E-state index in [0.29, 0.717) is 0 Å². The molecule has 1 aliphatic rings. The van der Waals surface area contributed by atoms with Crippen LogP contribution in [0.2, 0.25) is 0 Å². The molecule has 182 valence electrons. The minimum atomic E-state index is -2.19. The van der Waals surface area contributed by atoms with Crippen molar-refractivity contribution < 1.29 is 38.2 Å². The van der Waals surface area contributed by atoms with Gasteiger partial charge in [-0.15, -0.1) is 0 Å². The maximum absolute atomic E-state index is 13.1. The first-order valence-corrected chi connectivity index (χ1v) is 11.0. The quantitative estimate of drug-likeness (QED) is 0.292. The summed E-state index contributed by atoms with van der Waals surface area (Å²) in [5.41, 5.74) is -1.67. The van der Waals surface area contributed by atoms with Crippen LogP contribution in [0.15, 0.2) is 91.0 Å². The fraction of sp³-hybridized carbons (Fsp3) is 0.148. The van der Waals surface area contributed by atoms with Crippen molar-refractivity contribution in [2.75, 3.05) is 6.61 Å². The maximum atomic E-state index is 13.1. The highest BCUT2D eigenvalue weighted by molar-refractivity contribution is 6.01. The highest BCUT2D eigenvalue weighted by atomic mass is 16.6. The summed E-state index contributed by atoms with van der Waals surface area (Å²) in [6.45, 7) is -0.755. The normalized spacial score (nSPS) is 20.6. The molecule has 1 amide bonds. The molecule has 1 heterocycles. The zero-order chi connectivity index (χ0) is 25.5. The van der Waals surface area contributed by atoms with Gasteiger partial charge in [0.15, 0.2) is 18.5 Å². The molecular formula is C27H21NO8. The van der Waals surface area contributed by atoms with E-state index in [-0.39, 0.29) is 23.0 Å². The van der Waals surface area contributed by atoms with Crippen LogP contribution in [0.4, 0.5) is 0 Å². The van der Waals surface area contributed by atoms with E-state index in [1.54, 1.807) is 54.6 Å². The standard InChI is InChI=1S/C27H21NO8/c29-16-21-22(36-25(32)20-14-8-3-9-15-20)27(26(33)35-21,28-23(30)18-10-4-1-5-11-18)17-34-24(31)19-12-6-2-7-13-19/h1-16,21-22H,17H2,(H,28,30)/t21-,22+,27+/m1/s1. The van der Waals surface area contributed by atoms with Gasteiger partial charge < -0.3 is 19.5 Å². The Hall–Kier alpha value is -4.79. The van der Waals surface area contributed by atoms with Crippen molar-refractivity contribution in [1.29, 1.82) is 0 Å². The van der Waals surface area contributed by atoms with E-state index in [1.165, 1.54) is 36.4 Å². The van der Waals surface area contributed by atoms with Gasteiger partial charge in [0.25, 0.3) is 5.91 Å². The van der Waals surface area contributed by atoms with Crippen LogP contribution in [0.3, 0.4) is 0 Å². The molecule has 3 aromatic carbocycles. The lowest BCUT2D eigenvalue weighted by Crippen LogP contribution is -2.64. The molecule has 0 unspecified atom stereocenters. The molecule has 3 aromatic rings. The molecule has 1 fully saturated rings. The number of hydrogen-bond donors (Lipinski definition) is 1. The average Bonchev–Trinajstić information content (AvgIpc) is 3.18. The van der Waals surface area contributed by atoms with Crippen molar-refractivity contribution in [3.63, 3.8) is 0 Å². The molecule has 1 saturated heterocycles. The van der Waals surface area contributed by atoms with Crippen LogP contribution >= 0.6 is 0 Å². The summed E-state index contributed by atoms with van der Waals surface area (Å²) in [7, 11) is 0. The molecule has 0 spiro atoms. The number of carbonyl (C=O) groups is 5. The highest BCUT2D eigenvalue weighted by Crippen LogP contribution is 2.31. The van der Waals surface area contributed by atoms with Crippen LogP contribution in [0.25, 0.3) is 0 Å². The predicted octanol–water partition coefficient (Wildman–Crippen LogP) is 2.36. The van der Waals surface area contributed by atoms with Crippen LogP contribution in [0, 0.1) is 0 Å². The zero-order valence-corrected chi connectivity index (χ0v) is 18.9. The van der Waals surface area contributed by atoms with Gasteiger partial charge in [0, 0.05) is 5.56 Å². The Morgan fingerprint density at radius 1 is 0.806 bits per heavy atom. The molecule has 0 bridgehead atoms. The van der Waals surface area contributed by atoms with Crippen LogP contribution in [-0.4, -0.2) is 54.5 Å². The summed E-state index contributed by atoms with van der Waals surface area (Å²) in [6.07, 6.45) is -2.88. The highest BCUT2D eigenvalue weighted by Gasteiger charge is 2.62. The lowest BCUT2D eigenvalue weighted by atomic mass is 9.91. The average molecular weight is 487 g/mol. The maximum Gasteiger partial charge on any atom is 0.340 e.